The average Bonchev–Trinajstić information content (AvgIpc) is 3.27. The monoisotopic (exact) mass is 416 g/mol. The van der Waals surface area contributed by atoms with Crippen LogP contribution < -0.4 is 10.6 Å². The van der Waals surface area contributed by atoms with E-state index in [2.05, 4.69) is 89.0 Å². The van der Waals surface area contributed by atoms with Crippen LogP contribution in [0, 0.1) is 0 Å². The Morgan fingerprint density at radius 1 is 1.03 bits per heavy atom. The lowest BCUT2D eigenvalue weighted by Gasteiger charge is -2.21. The molecule has 1 aliphatic rings. The van der Waals surface area contributed by atoms with Gasteiger partial charge in [-0.3, -0.25) is 4.79 Å². The number of hydrogen-bond donors (Lipinski definition) is 2. The van der Waals surface area contributed by atoms with Crippen molar-refractivity contribution in [1.29, 1.82) is 0 Å². The first-order valence-corrected chi connectivity index (χ1v) is 11.3. The maximum absolute atomic E-state index is 11.2. The first-order valence-electron chi connectivity index (χ1n) is 11.3. The minimum absolute atomic E-state index is 0.189. The van der Waals surface area contributed by atoms with Gasteiger partial charge >= 0.3 is 5.97 Å². The summed E-state index contributed by atoms with van der Waals surface area (Å²) in [6, 6.07) is 24.8. The summed E-state index contributed by atoms with van der Waals surface area (Å²) in [4.78, 5) is 11.2. The quantitative estimate of drug-likeness (QED) is 0.456. The molecule has 0 aromatic heterocycles. The smallest absolute Gasteiger partial charge is 0.307 e. The van der Waals surface area contributed by atoms with Gasteiger partial charge in [0.25, 0.3) is 0 Å². The van der Waals surface area contributed by atoms with E-state index in [-0.39, 0.29) is 5.97 Å². The molecular formula is C27H32N2O2. The van der Waals surface area contributed by atoms with Gasteiger partial charge in [0.05, 0.1) is 13.5 Å². The first-order chi connectivity index (χ1) is 15.1. The molecule has 0 amide bonds. The summed E-state index contributed by atoms with van der Waals surface area (Å²) < 4.78 is 4.68. The maximum atomic E-state index is 11.2. The van der Waals surface area contributed by atoms with Crippen molar-refractivity contribution in [2.75, 3.05) is 19.0 Å². The third kappa shape index (κ3) is 5.26. The summed E-state index contributed by atoms with van der Waals surface area (Å²) in [6.07, 6.45) is 3.97. The van der Waals surface area contributed by atoms with Crippen molar-refractivity contribution < 1.29 is 9.53 Å². The van der Waals surface area contributed by atoms with Crippen molar-refractivity contribution in [3.8, 4) is 0 Å². The van der Waals surface area contributed by atoms with E-state index in [1.54, 1.807) is 0 Å². The standard InChI is InChI=1S/C27H32N2O2/c1-19(25-9-5-7-21-6-3-4-8-26(21)25)29-24-15-12-22(18-24)20-10-13-23(14-11-20)28-17-16-27(30)31-2/h3-11,13-14,19,22,24,28-29H,12,15-18H2,1-2H3/t19-,22-,24+/m1/s1. The summed E-state index contributed by atoms with van der Waals surface area (Å²) in [6.45, 7) is 2.87. The molecule has 3 aromatic carbocycles. The lowest BCUT2D eigenvalue weighted by Crippen LogP contribution is -2.29. The van der Waals surface area contributed by atoms with Gasteiger partial charge in [0, 0.05) is 24.3 Å². The Hall–Kier alpha value is -2.85. The molecule has 4 rings (SSSR count). The molecule has 0 heterocycles. The van der Waals surface area contributed by atoms with Crippen molar-refractivity contribution >= 4 is 22.4 Å². The molecule has 1 fully saturated rings. The number of nitrogens with one attached hydrogen (secondary N) is 2. The maximum Gasteiger partial charge on any atom is 0.307 e. The van der Waals surface area contributed by atoms with E-state index in [0.717, 1.165) is 5.69 Å². The van der Waals surface area contributed by atoms with Gasteiger partial charge in [-0.25, -0.2) is 0 Å². The topological polar surface area (TPSA) is 50.4 Å². The molecule has 0 aliphatic heterocycles. The lowest BCUT2D eigenvalue weighted by molar-refractivity contribution is -0.140. The van der Waals surface area contributed by atoms with E-state index in [4.69, 9.17) is 0 Å². The van der Waals surface area contributed by atoms with Crippen molar-refractivity contribution in [2.24, 2.45) is 0 Å². The molecule has 2 N–H and O–H groups in total. The lowest BCUT2D eigenvalue weighted by atomic mass is 9.96. The van der Waals surface area contributed by atoms with E-state index in [1.165, 1.54) is 48.3 Å². The summed E-state index contributed by atoms with van der Waals surface area (Å²) in [5, 5.41) is 9.81. The molecule has 0 unspecified atom stereocenters. The molecule has 0 spiro atoms. The molecule has 1 aliphatic carbocycles. The van der Waals surface area contributed by atoms with Gasteiger partial charge in [-0.1, -0.05) is 54.6 Å². The number of benzene rings is 3. The molecule has 31 heavy (non-hydrogen) atoms. The summed E-state index contributed by atoms with van der Waals surface area (Å²) in [5.74, 6) is 0.410. The van der Waals surface area contributed by atoms with Crippen LogP contribution in [-0.4, -0.2) is 25.7 Å². The molecule has 3 aromatic rings. The minimum Gasteiger partial charge on any atom is -0.469 e. The fourth-order valence-corrected chi connectivity index (χ4v) is 4.79. The fraction of sp³-hybridized carbons (Fsp3) is 0.370. The van der Waals surface area contributed by atoms with Crippen LogP contribution in [0.5, 0.6) is 0 Å². The van der Waals surface area contributed by atoms with E-state index in [0.29, 0.717) is 31.0 Å². The molecule has 1 saturated carbocycles. The third-order valence-corrected chi connectivity index (χ3v) is 6.48. The number of rotatable bonds is 8. The van der Waals surface area contributed by atoms with E-state index in [1.807, 2.05) is 0 Å². The van der Waals surface area contributed by atoms with Crippen LogP contribution in [0.4, 0.5) is 5.69 Å². The van der Waals surface area contributed by atoms with Gasteiger partial charge in [0.15, 0.2) is 0 Å². The second-order valence-electron chi connectivity index (χ2n) is 8.54. The van der Waals surface area contributed by atoms with Crippen LogP contribution in [0.3, 0.4) is 0 Å². The predicted molar refractivity (Wildman–Crippen MR) is 127 cm³/mol. The van der Waals surface area contributed by atoms with Gasteiger partial charge in [0.2, 0.25) is 0 Å². The van der Waals surface area contributed by atoms with E-state index >= 15 is 0 Å². The SMILES string of the molecule is COC(=O)CCNc1ccc([C@@H]2CC[C@H](N[C@H](C)c3cccc4ccccc34)C2)cc1. The number of hydrogen-bond acceptors (Lipinski definition) is 4. The Morgan fingerprint density at radius 2 is 1.81 bits per heavy atom. The van der Waals surface area contributed by atoms with Crippen LogP contribution in [0.1, 0.15) is 55.7 Å². The minimum atomic E-state index is -0.189. The Labute approximate surface area is 185 Å². The van der Waals surface area contributed by atoms with E-state index < -0.39 is 0 Å². The zero-order valence-corrected chi connectivity index (χ0v) is 18.4. The van der Waals surface area contributed by atoms with Crippen LogP contribution >= 0.6 is 0 Å². The molecule has 4 heteroatoms. The zero-order chi connectivity index (χ0) is 21.6. The number of carbonyl (C=O) groups excluding carboxylic acids is 1. The van der Waals surface area contributed by atoms with Crippen molar-refractivity contribution in [3.63, 3.8) is 0 Å². The van der Waals surface area contributed by atoms with Gasteiger partial charge in [-0.2, -0.15) is 0 Å². The van der Waals surface area contributed by atoms with Crippen LogP contribution in [0.2, 0.25) is 0 Å². The normalized spacial score (nSPS) is 19.3. The highest BCUT2D eigenvalue weighted by molar-refractivity contribution is 5.86. The van der Waals surface area contributed by atoms with Crippen LogP contribution in [0.15, 0.2) is 66.7 Å². The molecule has 0 saturated heterocycles. The van der Waals surface area contributed by atoms with Gasteiger partial charge in [-0.05, 0) is 66.1 Å². The number of carbonyl (C=O) groups is 1. The van der Waals surface area contributed by atoms with Gasteiger partial charge in [0.1, 0.15) is 0 Å². The second-order valence-corrected chi connectivity index (χ2v) is 8.54. The molecule has 3 atom stereocenters. The largest absolute Gasteiger partial charge is 0.469 e. The highest BCUT2D eigenvalue weighted by Gasteiger charge is 2.27. The van der Waals surface area contributed by atoms with Gasteiger partial charge < -0.3 is 15.4 Å². The highest BCUT2D eigenvalue weighted by atomic mass is 16.5. The number of fused-ring (bicyclic) bond motifs is 1. The first kappa shape index (κ1) is 21.4. The molecular weight excluding hydrogens is 384 g/mol. The van der Waals surface area contributed by atoms with E-state index in [9.17, 15) is 4.79 Å². The van der Waals surface area contributed by atoms with Crippen LogP contribution in [-0.2, 0) is 9.53 Å². The molecule has 4 nitrogen and oxygen atoms in total. The Balaban J connectivity index is 1.32. The molecule has 0 radical (unpaired) electrons. The predicted octanol–water partition coefficient (Wildman–Crippen LogP) is 5.80. The summed E-state index contributed by atoms with van der Waals surface area (Å²) >= 11 is 0. The summed E-state index contributed by atoms with van der Waals surface area (Å²) in [7, 11) is 1.42. The van der Waals surface area contributed by atoms with Gasteiger partial charge in [-0.15, -0.1) is 0 Å². The molecule has 162 valence electrons. The Bertz CT molecular complexity index is 1010. The number of esters is 1. The van der Waals surface area contributed by atoms with Crippen molar-refractivity contribution in [3.05, 3.63) is 77.9 Å². The Kier molecular flexibility index (Phi) is 6.88. The number of anilines is 1. The second kappa shape index (κ2) is 9.97. The molecule has 0 bridgehead atoms. The number of methoxy groups -OCH3 is 1. The number of ether oxygens (including phenoxy) is 1. The zero-order valence-electron chi connectivity index (χ0n) is 18.4. The van der Waals surface area contributed by atoms with Crippen molar-refractivity contribution in [2.45, 2.75) is 50.6 Å². The van der Waals surface area contributed by atoms with Crippen molar-refractivity contribution in [1.82, 2.24) is 5.32 Å². The Morgan fingerprint density at radius 3 is 2.61 bits per heavy atom. The third-order valence-electron chi connectivity index (χ3n) is 6.48. The average molecular weight is 417 g/mol. The van der Waals surface area contributed by atoms with Crippen LogP contribution in [0.25, 0.3) is 10.8 Å². The summed E-state index contributed by atoms with van der Waals surface area (Å²) in [5.41, 5.74) is 3.83. The fourth-order valence-electron chi connectivity index (χ4n) is 4.79. The highest BCUT2D eigenvalue weighted by Crippen LogP contribution is 2.36.